The van der Waals surface area contributed by atoms with Gasteiger partial charge in [-0.2, -0.15) is 0 Å². The van der Waals surface area contributed by atoms with Crippen LogP contribution < -0.4 is 0 Å². The van der Waals surface area contributed by atoms with E-state index in [1.807, 2.05) is 43.3 Å². The van der Waals surface area contributed by atoms with Crippen molar-refractivity contribution >= 4 is 0 Å². The fraction of sp³-hybridized carbons (Fsp3) is 0.475. The first-order chi connectivity index (χ1) is 39.3. The molecule has 5 saturated carbocycles. The molecule has 0 aromatic heterocycles. The second kappa shape index (κ2) is 29.6. The molecule has 0 unspecified atom stereocenters. The van der Waals surface area contributed by atoms with E-state index in [1.54, 1.807) is 17.2 Å². The first kappa shape index (κ1) is 60.1. The summed E-state index contributed by atoms with van der Waals surface area (Å²) in [6.07, 6.45) is 28.9. The molecule has 7 aromatic rings. The van der Waals surface area contributed by atoms with Gasteiger partial charge in [-0.25, -0.2) is 4.39 Å². The summed E-state index contributed by atoms with van der Waals surface area (Å²) < 4.78 is 14.7. The molecule has 5 aliphatic rings. The van der Waals surface area contributed by atoms with E-state index in [4.69, 9.17) is 0 Å². The second-order valence-corrected chi connectivity index (χ2v) is 27.0. The molecule has 0 amide bonds. The Kier molecular flexibility index (Phi) is 22.0. The third kappa shape index (κ3) is 17.5. The van der Waals surface area contributed by atoms with Crippen LogP contribution in [0.2, 0.25) is 0 Å². The van der Waals surface area contributed by atoms with Crippen molar-refractivity contribution in [2.75, 3.05) is 0 Å². The highest BCUT2D eigenvalue weighted by Crippen LogP contribution is 2.46. The van der Waals surface area contributed by atoms with Crippen molar-refractivity contribution in [2.45, 2.75) is 202 Å². The Morgan fingerprint density at radius 2 is 0.481 bits per heavy atom. The zero-order valence-electron chi connectivity index (χ0n) is 51.4. The van der Waals surface area contributed by atoms with Crippen LogP contribution in [0.1, 0.15) is 216 Å². The molecule has 1 heteroatoms. The molecule has 0 heterocycles. The Labute approximate surface area is 496 Å². The third-order valence-electron chi connectivity index (χ3n) is 20.6. The van der Waals surface area contributed by atoms with Gasteiger partial charge in [0.15, 0.2) is 0 Å². The minimum atomic E-state index is -0.165. The highest BCUT2D eigenvalue weighted by atomic mass is 19.1. The van der Waals surface area contributed by atoms with Crippen molar-refractivity contribution in [3.8, 4) is 33.4 Å². The summed E-state index contributed by atoms with van der Waals surface area (Å²) in [5.74, 6) is 9.28. The molecule has 5 fully saturated rings. The van der Waals surface area contributed by atoms with Gasteiger partial charge in [-0.15, -0.1) is 0 Å². The van der Waals surface area contributed by atoms with E-state index >= 15 is 0 Å². The Morgan fingerprint density at radius 1 is 0.259 bits per heavy atom. The molecule has 0 atom stereocenters. The maximum Gasteiger partial charge on any atom is 0.131 e. The molecular formula is C80H107F. The highest BCUT2D eigenvalue weighted by Gasteiger charge is 2.32. The van der Waals surface area contributed by atoms with Gasteiger partial charge >= 0.3 is 0 Å². The van der Waals surface area contributed by atoms with Gasteiger partial charge in [0.05, 0.1) is 0 Å². The Bertz CT molecular complexity index is 2790. The quantitative estimate of drug-likeness (QED) is 0.142. The molecule has 434 valence electrons. The van der Waals surface area contributed by atoms with Crippen molar-refractivity contribution in [3.05, 3.63) is 214 Å². The maximum atomic E-state index is 14.7. The van der Waals surface area contributed by atoms with Gasteiger partial charge < -0.3 is 0 Å². The Balaban J connectivity index is 0.000000182. The zero-order chi connectivity index (χ0) is 56.7. The van der Waals surface area contributed by atoms with Crippen molar-refractivity contribution in [2.24, 2.45) is 41.4 Å². The van der Waals surface area contributed by atoms with E-state index in [-0.39, 0.29) is 10.1 Å². The monoisotopic (exact) mass is 1090 g/mol. The molecule has 0 bridgehead atoms. The van der Waals surface area contributed by atoms with Crippen LogP contribution in [0.5, 0.6) is 0 Å². The zero-order valence-corrected chi connectivity index (χ0v) is 51.4. The van der Waals surface area contributed by atoms with Crippen LogP contribution >= 0.6 is 0 Å². The van der Waals surface area contributed by atoms with Crippen LogP contribution in [0.15, 0.2) is 164 Å². The lowest BCUT2D eigenvalue weighted by Gasteiger charge is -2.37. The number of aryl methyl sites for hydroxylation is 5. The summed E-state index contributed by atoms with van der Waals surface area (Å²) in [5, 5.41) is 0. The SMILES string of the molecule is Cc1ccc(-c2ccc(-c3ccc(C4CCC(C)CC4)cc3)cc2F)cc1.Cc1ccc(-c2ccc(C)cc2)cc1.Cc1ccc(C2CCC(C3CCC(C)CC3)CC2)cc1.Cc1ccc(C2CCC(C3CCC(C)CC3)CC2)cc1.[HH].[HH].[HH]. The van der Waals surface area contributed by atoms with Crippen LogP contribution in [0.3, 0.4) is 0 Å². The average molecular weight is 1090 g/mol. The van der Waals surface area contributed by atoms with Gasteiger partial charge in [0.25, 0.3) is 0 Å². The van der Waals surface area contributed by atoms with Crippen LogP contribution in [-0.2, 0) is 0 Å². The molecule has 0 nitrogen and oxygen atoms in total. The first-order valence-electron chi connectivity index (χ1n) is 32.5. The lowest BCUT2D eigenvalue weighted by molar-refractivity contribution is 0.165. The average Bonchev–Trinajstić information content (AvgIpc) is 3.68. The predicted octanol–water partition coefficient (Wildman–Crippen LogP) is 24.7. The molecule has 0 radical (unpaired) electrons. The molecule has 0 aliphatic heterocycles. The number of halogens is 1. The van der Waals surface area contributed by atoms with Gasteiger partial charge in [-0.3, -0.25) is 0 Å². The molecule has 12 rings (SSSR count). The van der Waals surface area contributed by atoms with Gasteiger partial charge in [-0.05, 0) is 234 Å². The minimum Gasteiger partial charge on any atom is -0.206 e. The van der Waals surface area contributed by atoms with Crippen LogP contribution in [-0.4, -0.2) is 0 Å². The number of hydrogen-bond acceptors (Lipinski definition) is 0. The number of benzene rings is 7. The molecule has 0 spiro atoms. The first-order valence-corrected chi connectivity index (χ1v) is 32.5. The fourth-order valence-electron chi connectivity index (χ4n) is 14.7. The lowest BCUT2D eigenvalue weighted by Crippen LogP contribution is -2.24. The number of rotatable bonds is 8. The topological polar surface area (TPSA) is 0 Å². The largest absolute Gasteiger partial charge is 0.206 e. The standard InChI is InChI=1S/C26H27F.2C20H30.C14H14.3H2/c1-18-3-7-20(8-4-18)21-11-13-22(14-12-21)24-15-16-25(26(27)17-24)23-9-5-19(2)6-10-23;2*1-15-3-7-17(8-4-15)19-11-13-20(14-12-19)18-9-5-16(2)6-10-18;1-11-3-7-13(8-4-11)14-9-5-12(2)6-10-14;;;/h5-6,9-18,20H,3-4,7-8H2,1-2H3;2*3-4,7-8,16,18-20H,5-6,9-14H2,1-2H3;3-10H,1-2H3;3*1H. The van der Waals surface area contributed by atoms with Crippen LogP contribution in [0.4, 0.5) is 4.39 Å². The Morgan fingerprint density at radius 3 is 0.802 bits per heavy atom. The van der Waals surface area contributed by atoms with Crippen molar-refractivity contribution in [1.29, 1.82) is 0 Å². The number of hydrogen-bond donors (Lipinski definition) is 0. The fourth-order valence-corrected chi connectivity index (χ4v) is 14.7. The van der Waals surface area contributed by atoms with Crippen molar-refractivity contribution < 1.29 is 8.67 Å². The lowest BCUT2D eigenvalue weighted by atomic mass is 9.68. The summed E-state index contributed by atoms with van der Waals surface area (Å²) in [6.45, 7) is 17.9. The van der Waals surface area contributed by atoms with E-state index in [2.05, 4.69) is 170 Å². The predicted molar refractivity (Wildman–Crippen MR) is 354 cm³/mol. The maximum absolute atomic E-state index is 14.7. The van der Waals surface area contributed by atoms with E-state index in [1.165, 1.54) is 173 Å². The minimum absolute atomic E-state index is 0. The molecule has 7 aromatic carbocycles. The van der Waals surface area contributed by atoms with Gasteiger partial charge in [0.2, 0.25) is 0 Å². The van der Waals surface area contributed by atoms with Gasteiger partial charge in [0, 0.05) is 9.84 Å². The second-order valence-electron chi connectivity index (χ2n) is 27.0. The van der Waals surface area contributed by atoms with Gasteiger partial charge in [-0.1, -0.05) is 245 Å². The van der Waals surface area contributed by atoms with Crippen molar-refractivity contribution in [3.63, 3.8) is 0 Å². The van der Waals surface area contributed by atoms with E-state index in [0.29, 0.717) is 11.5 Å². The molecule has 81 heavy (non-hydrogen) atoms. The normalized spacial score (nSPS) is 25.6. The summed E-state index contributed by atoms with van der Waals surface area (Å²) >= 11 is 0. The molecular weight excluding hydrogens is 980 g/mol. The summed E-state index contributed by atoms with van der Waals surface area (Å²) in [4.78, 5) is 0. The Hall–Kier alpha value is -5.53. The summed E-state index contributed by atoms with van der Waals surface area (Å²) in [7, 11) is 0. The van der Waals surface area contributed by atoms with Crippen LogP contribution in [0, 0.1) is 81.9 Å². The van der Waals surface area contributed by atoms with Gasteiger partial charge in [0.1, 0.15) is 5.82 Å². The van der Waals surface area contributed by atoms with Crippen molar-refractivity contribution in [1.82, 2.24) is 0 Å². The third-order valence-corrected chi connectivity index (χ3v) is 20.6. The highest BCUT2D eigenvalue weighted by molar-refractivity contribution is 5.71. The van der Waals surface area contributed by atoms with Crippen LogP contribution in [0.25, 0.3) is 33.4 Å². The summed E-state index contributed by atoms with van der Waals surface area (Å²) in [6, 6.07) is 58.2. The molecule has 0 saturated heterocycles. The van der Waals surface area contributed by atoms with E-state index in [0.717, 1.165) is 70.0 Å². The van der Waals surface area contributed by atoms with E-state index in [9.17, 15) is 4.39 Å². The smallest absolute Gasteiger partial charge is 0.131 e. The summed E-state index contributed by atoms with van der Waals surface area (Å²) in [5.41, 5.74) is 17.4. The molecule has 0 N–H and O–H groups in total. The van der Waals surface area contributed by atoms with E-state index < -0.39 is 0 Å². The molecule has 5 aliphatic carbocycles.